The Morgan fingerprint density at radius 1 is 0.867 bits per heavy atom. The topological polar surface area (TPSA) is 128 Å². The van der Waals surface area contributed by atoms with Crippen LogP contribution >= 0.6 is 0 Å². The molecule has 0 radical (unpaired) electrons. The Bertz CT molecular complexity index is 854. The Balaban J connectivity index is 1.79. The van der Waals surface area contributed by atoms with Gasteiger partial charge >= 0.3 is 18.0 Å². The minimum absolute atomic E-state index is 0.0491. The SMILES string of the molecule is O=C(O)CC(NC(=O)OCc1ccccc1)C(=O)COC(=O)COc1ccccc1. The lowest BCUT2D eigenvalue weighted by molar-refractivity contribution is -0.150. The molecule has 2 aromatic carbocycles. The average molecular weight is 415 g/mol. The molecule has 0 aliphatic heterocycles. The Morgan fingerprint density at radius 2 is 1.50 bits per heavy atom. The minimum Gasteiger partial charge on any atom is -0.482 e. The van der Waals surface area contributed by atoms with Crippen molar-refractivity contribution >= 4 is 23.8 Å². The van der Waals surface area contributed by atoms with Crippen LogP contribution in [0.3, 0.4) is 0 Å². The number of benzene rings is 2. The number of carboxylic acid groups (broad SMARTS) is 1. The molecule has 0 saturated carbocycles. The number of alkyl carbamates (subject to hydrolysis) is 1. The van der Waals surface area contributed by atoms with E-state index in [-0.39, 0.29) is 6.61 Å². The first-order chi connectivity index (χ1) is 14.4. The number of carbonyl (C=O) groups excluding carboxylic acids is 3. The largest absolute Gasteiger partial charge is 0.482 e. The molecule has 2 N–H and O–H groups in total. The molecule has 9 heteroatoms. The highest BCUT2D eigenvalue weighted by Gasteiger charge is 2.25. The van der Waals surface area contributed by atoms with Crippen molar-refractivity contribution in [1.29, 1.82) is 0 Å². The summed E-state index contributed by atoms with van der Waals surface area (Å²) in [5.74, 6) is -2.46. The fourth-order valence-electron chi connectivity index (χ4n) is 2.28. The minimum atomic E-state index is -1.41. The first kappa shape index (κ1) is 22.4. The van der Waals surface area contributed by atoms with Crippen LogP contribution in [0.4, 0.5) is 4.79 Å². The zero-order chi connectivity index (χ0) is 21.8. The molecule has 0 fully saturated rings. The first-order valence-electron chi connectivity index (χ1n) is 8.99. The van der Waals surface area contributed by atoms with Crippen molar-refractivity contribution in [3.8, 4) is 5.75 Å². The quantitative estimate of drug-likeness (QED) is 0.533. The second-order valence-electron chi connectivity index (χ2n) is 6.09. The van der Waals surface area contributed by atoms with E-state index < -0.39 is 49.5 Å². The van der Waals surface area contributed by atoms with Crippen molar-refractivity contribution in [2.75, 3.05) is 13.2 Å². The summed E-state index contributed by atoms with van der Waals surface area (Å²) in [5, 5.41) is 11.2. The maximum absolute atomic E-state index is 12.2. The Kier molecular flexibility index (Phi) is 8.85. The van der Waals surface area contributed by atoms with Gasteiger partial charge in [0.2, 0.25) is 0 Å². The van der Waals surface area contributed by atoms with Crippen LogP contribution in [-0.2, 0) is 30.5 Å². The lowest BCUT2D eigenvalue weighted by Gasteiger charge is -2.16. The molecule has 1 atom stereocenters. The van der Waals surface area contributed by atoms with Crippen LogP contribution in [0.2, 0.25) is 0 Å². The number of Topliss-reactive ketones (excluding diaryl/α,β-unsaturated/α-hetero) is 1. The number of rotatable bonds is 11. The van der Waals surface area contributed by atoms with Gasteiger partial charge in [0.25, 0.3) is 0 Å². The third-order valence-electron chi connectivity index (χ3n) is 3.75. The lowest BCUT2D eigenvalue weighted by atomic mass is 10.1. The fourth-order valence-corrected chi connectivity index (χ4v) is 2.28. The molecule has 0 saturated heterocycles. The van der Waals surface area contributed by atoms with Crippen LogP contribution < -0.4 is 10.1 Å². The van der Waals surface area contributed by atoms with Gasteiger partial charge in [-0.05, 0) is 17.7 Å². The van der Waals surface area contributed by atoms with Crippen LogP contribution in [0, 0.1) is 0 Å². The Labute approximate surface area is 172 Å². The summed E-state index contributed by atoms with van der Waals surface area (Å²) >= 11 is 0. The van der Waals surface area contributed by atoms with Crippen molar-refractivity contribution in [3.63, 3.8) is 0 Å². The van der Waals surface area contributed by atoms with Gasteiger partial charge in [-0.1, -0.05) is 48.5 Å². The molecule has 2 aromatic rings. The Hall–Kier alpha value is -3.88. The standard InChI is InChI=1S/C21H21NO8/c23-18(13-29-20(26)14-28-16-9-5-2-6-10-16)17(11-19(24)25)22-21(27)30-12-15-7-3-1-4-8-15/h1-10,17H,11-14H2,(H,22,27)(H,24,25). The fraction of sp³-hybridized carbons (Fsp3) is 0.238. The van der Waals surface area contributed by atoms with Crippen LogP contribution in [0.1, 0.15) is 12.0 Å². The van der Waals surface area contributed by atoms with Gasteiger partial charge in [0.15, 0.2) is 19.0 Å². The van der Waals surface area contributed by atoms with E-state index in [1.807, 2.05) is 0 Å². The lowest BCUT2D eigenvalue weighted by Crippen LogP contribution is -2.44. The smallest absolute Gasteiger partial charge is 0.408 e. The predicted octanol–water partition coefficient (Wildman–Crippen LogP) is 1.95. The van der Waals surface area contributed by atoms with E-state index in [1.54, 1.807) is 60.7 Å². The van der Waals surface area contributed by atoms with Gasteiger partial charge in [-0.15, -0.1) is 0 Å². The van der Waals surface area contributed by atoms with Crippen molar-refractivity contribution in [3.05, 3.63) is 66.2 Å². The van der Waals surface area contributed by atoms with E-state index in [0.717, 1.165) is 5.56 Å². The molecule has 2 rings (SSSR count). The number of ketones is 1. The number of carboxylic acids is 1. The van der Waals surface area contributed by atoms with Gasteiger partial charge in [-0.2, -0.15) is 0 Å². The van der Waals surface area contributed by atoms with Crippen LogP contribution in [0.15, 0.2) is 60.7 Å². The third kappa shape index (κ3) is 8.42. The van der Waals surface area contributed by atoms with Gasteiger partial charge in [0.1, 0.15) is 18.4 Å². The molecule has 30 heavy (non-hydrogen) atoms. The molecule has 9 nitrogen and oxygen atoms in total. The number of esters is 1. The van der Waals surface area contributed by atoms with Crippen molar-refractivity contribution in [2.45, 2.75) is 19.1 Å². The number of nitrogens with one attached hydrogen (secondary N) is 1. The molecular formula is C21H21NO8. The number of hydrogen-bond donors (Lipinski definition) is 2. The maximum atomic E-state index is 12.2. The highest BCUT2D eigenvalue weighted by Crippen LogP contribution is 2.08. The zero-order valence-corrected chi connectivity index (χ0v) is 16.0. The van der Waals surface area contributed by atoms with Gasteiger partial charge in [0, 0.05) is 0 Å². The number of carbonyl (C=O) groups is 4. The molecular weight excluding hydrogens is 394 g/mol. The van der Waals surface area contributed by atoms with Gasteiger partial charge in [-0.25, -0.2) is 9.59 Å². The van der Waals surface area contributed by atoms with E-state index in [2.05, 4.69) is 5.32 Å². The van der Waals surface area contributed by atoms with E-state index in [0.29, 0.717) is 5.75 Å². The van der Waals surface area contributed by atoms with E-state index in [9.17, 15) is 19.2 Å². The summed E-state index contributed by atoms with van der Waals surface area (Å²) in [6.07, 6.45) is -1.64. The van der Waals surface area contributed by atoms with Crippen LogP contribution in [-0.4, -0.2) is 48.2 Å². The molecule has 0 aromatic heterocycles. The van der Waals surface area contributed by atoms with E-state index in [4.69, 9.17) is 19.3 Å². The first-order valence-corrected chi connectivity index (χ1v) is 8.99. The number of para-hydroxylation sites is 1. The van der Waals surface area contributed by atoms with Crippen molar-refractivity contribution < 1.29 is 38.5 Å². The zero-order valence-electron chi connectivity index (χ0n) is 16.0. The summed E-state index contributed by atoms with van der Waals surface area (Å²) in [4.78, 5) is 46.8. The monoisotopic (exact) mass is 415 g/mol. The molecule has 1 amide bonds. The molecule has 0 spiro atoms. The van der Waals surface area contributed by atoms with E-state index >= 15 is 0 Å². The highest BCUT2D eigenvalue weighted by molar-refractivity contribution is 5.92. The second kappa shape index (κ2) is 11.8. The molecule has 158 valence electrons. The van der Waals surface area contributed by atoms with Gasteiger partial charge in [0.05, 0.1) is 6.42 Å². The molecule has 0 heterocycles. The number of amides is 1. The summed E-state index contributed by atoms with van der Waals surface area (Å²) in [6.45, 7) is -1.19. The van der Waals surface area contributed by atoms with Gasteiger partial charge in [-0.3, -0.25) is 9.59 Å². The van der Waals surface area contributed by atoms with Crippen molar-refractivity contribution in [2.24, 2.45) is 0 Å². The molecule has 0 aliphatic rings. The summed E-state index contributed by atoms with van der Waals surface area (Å²) in [6, 6.07) is 15.9. The molecule has 1 unspecified atom stereocenters. The number of hydrogen-bond acceptors (Lipinski definition) is 7. The second-order valence-corrected chi connectivity index (χ2v) is 6.09. The van der Waals surface area contributed by atoms with E-state index in [1.165, 1.54) is 0 Å². The Morgan fingerprint density at radius 3 is 2.13 bits per heavy atom. The average Bonchev–Trinajstić information content (AvgIpc) is 2.75. The summed E-state index contributed by atoms with van der Waals surface area (Å²) in [7, 11) is 0. The van der Waals surface area contributed by atoms with Crippen molar-refractivity contribution in [1.82, 2.24) is 5.32 Å². The van der Waals surface area contributed by atoms with Crippen LogP contribution in [0.5, 0.6) is 5.75 Å². The molecule has 0 bridgehead atoms. The van der Waals surface area contributed by atoms with Gasteiger partial charge < -0.3 is 24.6 Å². The highest BCUT2D eigenvalue weighted by atomic mass is 16.6. The number of ether oxygens (including phenoxy) is 3. The molecule has 0 aliphatic carbocycles. The maximum Gasteiger partial charge on any atom is 0.408 e. The summed E-state index contributed by atoms with van der Waals surface area (Å²) < 4.78 is 15.0. The number of aliphatic carboxylic acids is 1. The predicted molar refractivity (Wildman–Crippen MR) is 104 cm³/mol. The normalized spacial score (nSPS) is 11.1. The van der Waals surface area contributed by atoms with Crippen LogP contribution in [0.25, 0.3) is 0 Å². The summed E-state index contributed by atoms with van der Waals surface area (Å²) in [5.41, 5.74) is 0.723. The third-order valence-corrected chi connectivity index (χ3v) is 3.75.